The molecular weight excluding hydrogens is 228 g/mol. The molecule has 3 N–H and O–H groups in total. The SMILES string of the molecule is CCCCCCCCCCCC(O)C(C)(O)CO. The minimum atomic E-state index is -1.35. The van der Waals surface area contributed by atoms with Gasteiger partial charge in [0.25, 0.3) is 0 Å². The summed E-state index contributed by atoms with van der Waals surface area (Å²) in [4.78, 5) is 0. The van der Waals surface area contributed by atoms with Gasteiger partial charge >= 0.3 is 0 Å². The standard InChI is InChI=1S/C15H32O3/c1-3-4-5-6-7-8-9-10-11-12-14(17)15(2,18)13-16/h14,16-18H,3-13H2,1-2H3. The van der Waals surface area contributed by atoms with Crippen molar-refractivity contribution in [1.82, 2.24) is 0 Å². The molecule has 0 rings (SSSR count). The average molecular weight is 260 g/mol. The van der Waals surface area contributed by atoms with E-state index in [4.69, 9.17) is 5.11 Å². The third kappa shape index (κ3) is 8.90. The Labute approximate surface area is 112 Å². The predicted octanol–water partition coefficient (Wildman–Crippen LogP) is 3.01. The lowest BCUT2D eigenvalue weighted by atomic mass is 9.95. The summed E-state index contributed by atoms with van der Waals surface area (Å²) in [6, 6.07) is 0. The Balaban J connectivity index is 3.30. The van der Waals surface area contributed by atoms with Crippen molar-refractivity contribution in [1.29, 1.82) is 0 Å². The Bertz CT molecular complexity index is 181. The van der Waals surface area contributed by atoms with Gasteiger partial charge in [0.05, 0.1) is 12.7 Å². The highest BCUT2D eigenvalue weighted by molar-refractivity contribution is 4.80. The quantitative estimate of drug-likeness (QED) is 0.473. The van der Waals surface area contributed by atoms with Gasteiger partial charge in [0.2, 0.25) is 0 Å². The van der Waals surface area contributed by atoms with E-state index in [1.54, 1.807) is 0 Å². The minimum Gasteiger partial charge on any atom is -0.393 e. The summed E-state index contributed by atoms with van der Waals surface area (Å²) in [6.07, 6.45) is 10.9. The summed E-state index contributed by atoms with van der Waals surface area (Å²) in [5.41, 5.74) is -1.35. The molecule has 3 nitrogen and oxygen atoms in total. The number of hydrogen-bond acceptors (Lipinski definition) is 3. The van der Waals surface area contributed by atoms with Crippen molar-refractivity contribution in [2.24, 2.45) is 0 Å². The molecule has 110 valence electrons. The van der Waals surface area contributed by atoms with Crippen molar-refractivity contribution in [3.8, 4) is 0 Å². The third-order valence-electron chi connectivity index (χ3n) is 3.62. The molecule has 0 aromatic heterocycles. The molecule has 3 heteroatoms. The molecule has 2 atom stereocenters. The lowest BCUT2D eigenvalue weighted by Crippen LogP contribution is -2.42. The van der Waals surface area contributed by atoms with E-state index in [1.807, 2.05) is 0 Å². The first-order valence-corrected chi connectivity index (χ1v) is 7.56. The lowest BCUT2D eigenvalue weighted by molar-refractivity contribution is -0.0951. The molecular formula is C15H32O3. The van der Waals surface area contributed by atoms with Gasteiger partial charge in [-0.05, 0) is 13.3 Å². The molecule has 0 saturated carbocycles. The third-order valence-corrected chi connectivity index (χ3v) is 3.62. The van der Waals surface area contributed by atoms with Gasteiger partial charge in [-0.3, -0.25) is 0 Å². The van der Waals surface area contributed by atoms with Gasteiger partial charge in [-0.2, -0.15) is 0 Å². The van der Waals surface area contributed by atoms with Gasteiger partial charge in [-0.15, -0.1) is 0 Å². The first-order valence-electron chi connectivity index (χ1n) is 7.56. The smallest absolute Gasteiger partial charge is 0.111 e. The van der Waals surface area contributed by atoms with Gasteiger partial charge in [0, 0.05) is 0 Å². The summed E-state index contributed by atoms with van der Waals surface area (Å²) in [6.45, 7) is 3.32. The first-order chi connectivity index (χ1) is 8.54. The van der Waals surface area contributed by atoms with Crippen LogP contribution < -0.4 is 0 Å². The van der Waals surface area contributed by atoms with E-state index in [0.717, 1.165) is 12.8 Å². The van der Waals surface area contributed by atoms with Crippen LogP contribution in [-0.2, 0) is 0 Å². The molecule has 2 unspecified atom stereocenters. The minimum absolute atomic E-state index is 0.383. The van der Waals surface area contributed by atoms with Crippen LogP contribution in [0.1, 0.15) is 78.1 Å². The summed E-state index contributed by atoms with van der Waals surface area (Å²) >= 11 is 0. The van der Waals surface area contributed by atoms with Crippen molar-refractivity contribution in [2.45, 2.75) is 89.8 Å². The van der Waals surface area contributed by atoms with E-state index >= 15 is 0 Å². The fraction of sp³-hybridized carbons (Fsp3) is 1.00. The van der Waals surface area contributed by atoms with Gasteiger partial charge in [-0.1, -0.05) is 64.7 Å². The molecule has 0 amide bonds. The zero-order valence-corrected chi connectivity index (χ0v) is 12.2. The molecule has 0 aliphatic carbocycles. The second-order valence-corrected chi connectivity index (χ2v) is 5.65. The normalized spacial score (nSPS) is 16.5. The average Bonchev–Trinajstić information content (AvgIpc) is 2.36. The van der Waals surface area contributed by atoms with E-state index in [1.165, 1.54) is 51.9 Å². The highest BCUT2D eigenvalue weighted by Gasteiger charge is 2.28. The van der Waals surface area contributed by atoms with Crippen LogP contribution in [0.4, 0.5) is 0 Å². The van der Waals surface area contributed by atoms with Crippen LogP contribution in [0.25, 0.3) is 0 Å². The molecule has 0 aliphatic rings. The van der Waals surface area contributed by atoms with Crippen LogP contribution in [0.15, 0.2) is 0 Å². The highest BCUT2D eigenvalue weighted by Crippen LogP contribution is 2.16. The van der Waals surface area contributed by atoms with Crippen molar-refractivity contribution in [3.05, 3.63) is 0 Å². The Morgan fingerprint density at radius 2 is 1.33 bits per heavy atom. The van der Waals surface area contributed by atoms with Gasteiger partial charge in [0.15, 0.2) is 0 Å². The summed E-state index contributed by atoms with van der Waals surface area (Å²) in [5, 5.41) is 28.2. The maximum absolute atomic E-state index is 9.67. The number of aliphatic hydroxyl groups is 3. The van der Waals surface area contributed by atoms with Crippen molar-refractivity contribution < 1.29 is 15.3 Å². The van der Waals surface area contributed by atoms with Crippen molar-refractivity contribution in [2.75, 3.05) is 6.61 Å². The lowest BCUT2D eigenvalue weighted by Gasteiger charge is -2.26. The van der Waals surface area contributed by atoms with Crippen LogP contribution >= 0.6 is 0 Å². The van der Waals surface area contributed by atoms with Crippen molar-refractivity contribution in [3.63, 3.8) is 0 Å². The van der Waals surface area contributed by atoms with Crippen molar-refractivity contribution >= 4 is 0 Å². The fourth-order valence-corrected chi connectivity index (χ4v) is 2.06. The molecule has 0 fully saturated rings. The topological polar surface area (TPSA) is 60.7 Å². The Morgan fingerprint density at radius 1 is 0.889 bits per heavy atom. The number of unbranched alkanes of at least 4 members (excludes halogenated alkanes) is 8. The number of aliphatic hydroxyl groups excluding tert-OH is 2. The van der Waals surface area contributed by atoms with Crippen LogP contribution in [0, 0.1) is 0 Å². The summed E-state index contributed by atoms with van der Waals surface area (Å²) in [7, 11) is 0. The summed E-state index contributed by atoms with van der Waals surface area (Å²) < 4.78 is 0. The number of hydrogen-bond donors (Lipinski definition) is 3. The van der Waals surface area contributed by atoms with Crippen LogP contribution in [0.3, 0.4) is 0 Å². The molecule has 0 radical (unpaired) electrons. The maximum atomic E-state index is 9.67. The molecule has 0 aliphatic heterocycles. The molecule has 0 heterocycles. The van der Waals surface area contributed by atoms with Crippen LogP contribution in [-0.4, -0.2) is 33.6 Å². The molecule has 0 bridgehead atoms. The molecule has 0 saturated heterocycles. The molecule has 18 heavy (non-hydrogen) atoms. The molecule has 0 aromatic carbocycles. The first kappa shape index (κ1) is 17.9. The molecule has 0 spiro atoms. The van der Waals surface area contributed by atoms with Gasteiger partial charge < -0.3 is 15.3 Å². The largest absolute Gasteiger partial charge is 0.393 e. The fourth-order valence-electron chi connectivity index (χ4n) is 2.06. The second-order valence-electron chi connectivity index (χ2n) is 5.65. The van der Waals surface area contributed by atoms with Gasteiger partial charge in [0.1, 0.15) is 5.60 Å². The van der Waals surface area contributed by atoms with E-state index < -0.39 is 11.7 Å². The Morgan fingerprint density at radius 3 is 1.78 bits per heavy atom. The van der Waals surface area contributed by atoms with E-state index in [0.29, 0.717) is 6.42 Å². The van der Waals surface area contributed by atoms with Gasteiger partial charge in [-0.25, -0.2) is 0 Å². The number of rotatable bonds is 12. The Kier molecular flexibility index (Phi) is 10.7. The highest BCUT2D eigenvalue weighted by atomic mass is 16.4. The van der Waals surface area contributed by atoms with Crippen LogP contribution in [0.5, 0.6) is 0 Å². The monoisotopic (exact) mass is 260 g/mol. The van der Waals surface area contributed by atoms with E-state index in [-0.39, 0.29) is 6.61 Å². The second kappa shape index (κ2) is 10.8. The Hall–Kier alpha value is -0.120. The van der Waals surface area contributed by atoms with E-state index in [2.05, 4.69) is 6.92 Å². The summed E-state index contributed by atoms with van der Waals surface area (Å²) in [5.74, 6) is 0. The zero-order valence-electron chi connectivity index (χ0n) is 12.2. The molecule has 0 aromatic rings. The van der Waals surface area contributed by atoms with E-state index in [9.17, 15) is 10.2 Å². The maximum Gasteiger partial charge on any atom is 0.111 e. The zero-order chi connectivity index (χ0) is 13.9. The predicted molar refractivity (Wildman–Crippen MR) is 75.6 cm³/mol. The van der Waals surface area contributed by atoms with Crippen LogP contribution in [0.2, 0.25) is 0 Å².